The smallest absolute Gasteiger partial charge is 0.361 e. The Morgan fingerprint density at radius 1 is 0.429 bits per heavy atom. The van der Waals surface area contributed by atoms with Gasteiger partial charge >= 0.3 is 17.9 Å². The highest BCUT2D eigenvalue weighted by Crippen LogP contribution is 2.17. The molecule has 0 amide bonds. The van der Waals surface area contributed by atoms with Gasteiger partial charge in [-0.2, -0.15) is 0 Å². The second-order valence-corrected chi connectivity index (χ2v) is 21.3. The molecule has 9 nitrogen and oxygen atoms in total. The minimum Gasteiger partial charge on any atom is -0.477 e. The zero-order valence-corrected chi connectivity index (χ0v) is 46.7. The van der Waals surface area contributed by atoms with Crippen molar-refractivity contribution in [2.45, 2.75) is 289 Å². The largest absolute Gasteiger partial charge is 0.477 e. The minimum absolute atomic E-state index is 0.177. The van der Waals surface area contributed by atoms with E-state index in [2.05, 4.69) is 50.3 Å². The first kappa shape index (κ1) is 67.5. The molecule has 1 N–H and O–H groups in total. The van der Waals surface area contributed by atoms with Crippen LogP contribution in [0.1, 0.15) is 277 Å². The van der Waals surface area contributed by atoms with Gasteiger partial charge in [-0.15, -0.1) is 0 Å². The Morgan fingerprint density at radius 2 is 0.771 bits per heavy atom. The second kappa shape index (κ2) is 52.8. The predicted octanol–water partition coefficient (Wildman–Crippen LogP) is 17.3. The number of allylic oxidation sites excluding steroid dienone is 6. The van der Waals surface area contributed by atoms with E-state index in [1.54, 1.807) is 0 Å². The van der Waals surface area contributed by atoms with Gasteiger partial charge in [0.05, 0.1) is 34.4 Å². The average molecular weight is 990 g/mol. The normalized spacial score (nSPS) is 13.0. The quantitative estimate of drug-likeness (QED) is 0.0211. The summed E-state index contributed by atoms with van der Waals surface area (Å²) in [6, 6.07) is 0. The Morgan fingerprint density at radius 3 is 1.14 bits per heavy atom. The molecule has 9 heteroatoms. The van der Waals surface area contributed by atoms with Gasteiger partial charge in [-0.3, -0.25) is 9.59 Å². The number of carboxylic acid groups (broad SMARTS) is 1. The van der Waals surface area contributed by atoms with Gasteiger partial charge in [0.1, 0.15) is 13.2 Å². The van der Waals surface area contributed by atoms with Crippen LogP contribution >= 0.6 is 0 Å². The van der Waals surface area contributed by atoms with E-state index in [0.29, 0.717) is 17.4 Å². The van der Waals surface area contributed by atoms with Crippen LogP contribution in [-0.2, 0) is 33.3 Å². The Labute approximate surface area is 432 Å². The summed E-state index contributed by atoms with van der Waals surface area (Å²) in [5.41, 5.74) is 0. The van der Waals surface area contributed by atoms with Gasteiger partial charge in [0.15, 0.2) is 6.10 Å². The first-order valence-electron chi connectivity index (χ1n) is 29.7. The zero-order valence-electron chi connectivity index (χ0n) is 46.7. The molecule has 0 heterocycles. The molecular formula is C61H114NO8+. The summed E-state index contributed by atoms with van der Waals surface area (Å²) < 4.78 is 22.8. The van der Waals surface area contributed by atoms with Gasteiger partial charge in [0, 0.05) is 12.8 Å². The fraction of sp³-hybridized carbons (Fsp3) is 0.852. The maximum absolute atomic E-state index is 12.9. The predicted molar refractivity (Wildman–Crippen MR) is 295 cm³/mol. The molecule has 2 unspecified atom stereocenters. The van der Waals surface area contributed by atoms with Crippen molar-refractivity contribution in [3.63, 3.8) is 0 Å². The van der Waals surface area contributed by atoms with E-state index in [9.17, 15) is 19.5 Å². The number of carbonyl (C=O) groups excluding carboxylic acids is 2. The van der Waals surface area contributed by atoms with Crippen molar-refractivity contribution in [2.75, 3.05) is 47.5 Å². The standard InChI is InChI=1S/C61H113NO8/c1-6-8-10-12-14-16-18-20-21-22-23-24-25-26-27-28-29-30-31-32-33-34-35-36-37-38-39-40-42-44-46-48-50-52-59(64)70-57(56-69-61(60(65)66)67-54-53-62(3,4)5)55-68-58(63)51-49-47-45-43-41-19-17-15-13-11-9-7-2/h18,20,22-23,25-26,57,61H,6-17,19,21,24,27-56H2,1-5H3/p+1/b20-18-,23-22-,26-25-. The summed E-state index contributed by atoms with van der Waals surface area (Å²) in [7, 11) is 5.97. The average Bonchev–Trinajstić information content (AvgIpc) is 3.33. The van der Waals surface area contributed by atoms with Crippen molar-refractivity contribution in [1.29, 1.82) is 0 Å². The molecule has 70 heavy (non-hydrogen) atoms. The maximum atomic E-state index is 12.9. The fourth-order valence-corrected chi connectivity index (χ4v) is 8.55. The van der Waals surface area contributed by atoms with Crippen molar-refractivity contribution >= 4 is 17.9 Å². The number of aliphatic carboxylic acids is 1. The van der Waals surface area contributed by atoms with E-state index in [0.717, 1.165) is 51.4 Å². The van der Waals surface area contributed by atoms with Gasteiger partial charge in [-0.05, 0) is 51.4 Å². The number of quaternary nitrogens is 1. The van der Waals surface area contributed by atoms with Crippen LogP contribution in [0, 0.1) is 0 Å². The van der Waals surface area contributed by atoms with Crippen LogP contribution in [0.4, 0.5) is 0 Å². The molecule has 0 saturated carbocycles. The zero-order chi connectivity index (χ0) is 51.3. The molecule has 0 aliphatic rings. The summed E-state index contributed by atoms with van der Waals surface area (Å²) in [5, 5.41) is 9.68. The van der Waals surface area contributed by atoms with Crippen molar-refractivity contribution in [3.05, 3.63) is 36.5 Å². The Bertz CT molecular complexity index is 1240. The van der Waals surface area contributed by atoms with Crippen LogP contribution in [-0.4, -0.2) is 87.4 Å². The molecule has 0 aliphatic carbocycles. The summed E-state index contributed by atoms with van der Waals surface area (Å²) in [5.74, 6) is -1.99. The number of hydrogen-bond acceptors (Lipinski definition) is 7. The highest BCUT2D eigenvalue weighted by atomic mass is 16.7. The van der Waals surface area contributed by atoms with Crippen LogP contribution in [0.3, 0.4) is 0 Å². The van der Waals surface area contributed by atoms with Crippen LogP contribution in [0.5, 0.6) is 0 Å². The van der Waals surface area contributed by atoms with E-state index < -0.39 is 18.4 Å². The van der Waals surface area contributed by atoms with Crippen LogP contribution in [0.25, 0.3) is 0 Å². The third-order valence-corrected chi connectivity index (χ3v) is 13.1. The number of rotatable bonds is 55. The molecule has 0 saturated heterocycles. The fourth-order valence-electron chi connectivity index (χ4n) is 8.55. The highest BCUT2D eigenvalue weighted by Gasteiger charge is 2.25. The van der Waals surface area contributed by atoms with Gasteiger partial charge in [-0.25, -0.2) is 4.79 Å². The molecule has 0 rings (SSSR count). The topological polar surface area (TPSA) is 108 Å². The van der Waals surface area contributed by atoms with Gasteiger partial charge in [0.25, 0.3) is 6.29 Å². The number of carbonyl (C=O) groups is 3. The number of esters is 2. The summed E-state index contributed by atoms with van der Waals surface area (Å²) in [6.07, 6.45) is 61.0. The SMILES string of the molecule is CCCCCCC/C=C\C/C=C\C/C=C\CCCCCCCCCCCCCCCCCCCCC(=O)OC(COC(=O)CCCCCCCCCCCCCC)COC(OCC[N+](C)(C)C)C(=O)O. The number of ether oxygens (including phenoxy) is 4. The van der Waals surface area contributed by atoms with Crippen LogP contribution in [0.2, 0.25) is 0 Å². The number of likely N-dealkylation sites (N-methyl/N-ethyl adjacent to an activating group) is 1. The summed E-state index contributed by atoms with van der Waals surface area (Å²) in [6.45, 7) is 4.89. The molecule has 0 fully saturated rings. The van der Waals surface area contributed by atoms with Crippen molar-refractivity contribution in [1.82, 2.24) is 0 Å². The highest BCUT2D eigenvalue weighted by molar-refractivity contribution is 5.71. The molecule has 0 aliphatic heterocycles. The lowest BCUT2D eigenvalue weighted by Crippen LogP contribution is -2.40. The van der Waals surface area contributed by atoms with E-state index >= 15 is 0 Å². The Balaban J connectivity index is 4.05. The molecule has 0 bridgehead atoms. The first-order valence-corrected chi connectivity index (χ1v) is 29.7. The number of nitrogens with zero attached hydrogens (tertiary/aromatic N) is 1. The molecule has 410 valence electrons. The van der Waals surface area contributed by atoms with Crippen LogP contribution < -0.4 is 0 Å². The lowest BCUT2D eigenvalue weighted by atomic mass is 10.0. The number of hydrogen-bond donors (Lipinski definition) is 1. The maximum Gasteiger partial charge on any atom is 0.361 e. The number of carboxylic acids is 1. The molecule has 0 aromatic carbocycles. The third-order valence-electron chi connectivity index (χ3n) is 13.1. The minimum atomic E-state index is -1.51. The Hall–Kier alpha value is -2.49. The molecule has 0 aromatic heterocycles. The monoisotopic (exact) mass is 989 g/mol. The lowest BCUT2D eigenvalue weighted by Gasteiger charge is -2.25. The van der Waals surface area contributed by atoms with Crippen LogP contribution in [0.15, 0.2) is 36.5 Å². The molecule has 0 radical (unpaired) electrons. The summed E-state index contributed by atoms with van der Waals surface area (Å²) in [4.78, 5) is 37.3. The second-order valence-electron chi connectivity index (χ2n) is 21.3. The van der Waals surface area contributed by atoms with Crippen molar-refractivity contribution in [2.24, 2.45) is 0 Å². The van der Waals surface area contributed by atoms with E-state index in [-0.39, 0.29) is 38.2 Å². The van der Waals surface area contributed by atoms with E-state index in [1.807, 2.05) is 21.1 Å². The van der Waals surface area contributed by atoms with Gasteiger partial charge < -0.3 is 28.5 Å². The van der Waals surface area contributed by atoms with E-state index in [4.69, 9.17) is 18.9 Å². The molecule has 0 aromatic rings. The molecule has 2 atom stereocenters. The molecular weight excluding hydrogens is 875 g/mol. The van der Waals surface area contributed by atoms with Gasteiger partial charge in [0.2, 0.25) is 0 Å². The number of unbranched alkanes of at least 4 members (excludes halogenated alkanes) is 34. The third kappa shape index (κ3) is 53.3. The summed E-state index contributed by atoms with van der Waals surface area (Å²) >= 11 is 0. The first-order chi connectivity index (χ1) is 34.1. The van der Waals surface area contributed by atoms with Gasteiger partial charge in [-0.1, -0.05) is 249 Å². The lowest BCUT2D eigenvalue weighted by molar-refractivity contribution is -0.870. The molecule has 0 spiro atoms. The van der Waals surface area contributed by atoms with Crippen molar-refractivity contribution < 1.29 is 42.9 Å². The van der Waals surface area contributed by atoms with Crippen molar-refractivity contribution in [3.8, 4) is 0 Å². The Kier molecular flexibility index (Phi) is 50.9. The van der Waals surface area contributed by atoms with E-state index in [1.165, 1.54) is 199 Å².